The van der Waals surface area contributed by atoms with Gasteiger partial charge < -0.3 is 15.4 Å². The molecule has 0 fully saturated rings. The maximum Gasteiger partial charge on any atom is 0.221 e. The van der Waals surface area contributed by atoms with Gasteiger partial charge in [0, 0.05) is 24.2 Å². The zero-order chi connectivity index (χ0) is 18.5. The summed E-state index contributed by atoms with van der Waals surface area (Å²) < 4.78 is 2.05. The van der Waals surface area contributed by atoms with Gasteiger partial charge in [-0.3, -0.25) is 4.79 Å². The molecule has 26 heavy (non-hydrogen) atoms. The van der Waals surface area contributed by atoms with E-state index in [-0.39, 0.29) is 12.3 Å². The second-order valence-corrected chi connectivity index (χ2v) is 6.55. The third-order valence-corrected chi connectivity index (χ3v) is 4.20. The maximum atomic E-state index is 11.2. The van der Waals surface area contributed by atoms with Crippen molar-refractivity contribution >= 4 is 5.91 Å². The lowest BCUT2D eigenvalue weighted by molar-refractivity contribution is -0.117. The highest BCUT2D eigenvalue weighted by molar-refractivity contribution is 5.76. The highest BCUT2D eigenvalue weighted by Gasteiger charge is 2.15. The van der Waals surface area contributed by atoms with Gasteiger partial charge in [0.2, 0.25) is 5.91 Å². The first-order chi connectivity index (χ1) is 12.5. The number of aliphatic hydroxyl groups excluding tert-OH is 1. The Hall–Kier alpha value is -2.92. The van der Waals surface area contributed by atoms with Crippen molar-refractivity contribution in [3.63, 3.8) is 0 Å². The Kier molecular flexibility index (Phi) is 5.49. The Morgan fingerprint density at radius 3 is 2.58 bits per heavy atom. The number of carbonyl (C=O) groups is 1. The molecule has 0 radical (unpaired) electrons. The van der Waals surface area contributed by atoms with E-state index in [0.29, 0.717) is 13.0 Å². The number of hydrogen-bond acceptors (Lipinski definition) is 3. The van der Waals surface area contributed by atoms with E-state index in [1.165, 1.54) is 0 Å². The zero-order valence-corrected chi connectivity index (χ0v) is 14.8. The molecule has 0 bridgehead atoms. The average Bonchev–Trinajstić information content (AvgIpc) is 2.97. The Bertz CT molecular complexity index is 885. The van der Waals surface area contributed by atoms with Crippen molar-refractivity contribution in [3.8, 4) is 11.3 Å². The fraction of sp³-hybridized carbons (Fsp3) is 0.238. The Labute approximate surface area is 153 Å². The molecule has 1 heterocycles. The van der Waals surface area contributed by atoms with Gasteiger partial charge in [-0.25, -0.2) is 4.98 Å². The highest BCUT2D eigenvalue weighted by Crippen LogP contribution is 2.24. The van der Waals surface area contributed by atoms with Crippen LogP contribution in [-0.2, 0) is 24.2 Å². The lowest BCUT2D eigenvalue weighted by Crippen LogP contribution is -2.14. The summed E-state index contributed by atoms with van der Waals surface area (Å²) in [5.41, 5.74) is 10.2. The van der Waals surface area contributed by atoms with Crippen LogP contribution in [0.2, 0.25) is 0 Å². The molecular weight excluding hydrogens is 326 g/mol. The third kappa shape index (κ3) is 4.37. The quantitative estimate of drug-likeness (QED) is 0.688. The number of rotatable bonds is 7. The van der Waals surface area contributed by atoms with Crippen LogP contribution in [0.3, 0.4) is 0 Å². The summed E-state index contributed by atoms with van der Waals surface area (Å²) in [4.78, 5) is 15.7. The van der Waals surface area contributed by atoms with Crippen LogP contribution < -0.4 is 5.73 Å². The lowest BCUT2D eigenvalue weighted by Gasteiger charge is -2.13. The van der Waals surface area contributed by atoms with Gasteiger partial charge in [-0.1, -0.05) is 54.6 Å². The minimum absolute atomic E-state index is 0.230. The van der Waals surface area contributed by atoms with Crippen LogP contribution in [0.5, 0.6) is 0 Å². The van der Waals surface area contributed by atoms with Crippen molar-refractivity contribution in [2.24, 2.45) is 5.73 Å². The SMILES string of the molecule is CC(O)Cc1c(-c2ccccc2)ncn1Cc1cccc(CC(N)=O)c1. The molecule has 3 rings (SSSR count). The summed E-state index contributed by atoms with van der Waals surface area (Å²) in [6.45, 7) is 2.40. The molecule has 0 aliphatic carbocycles. The van der Waals surface area contributed by atoms with Gasteiger partial charge in [0.05, 0.1) is 24.5 Å². The molecule has 5 heteroatoms. The van der Waals surface area contributed by atoms with Crippen LogP contribution in [0.1, 0.15) is 23.7 Å². The molecule has 134 valence electrons. The highest BCUT2D eigenvalue weighted by atomic mass is 16.3. The Morgan fingerprint density at radius 2 is 1.88 bits per heavy atom. The van der Waals surface area contributed by atoms with E-state index >= 15 is 0 Å². The van der Waals surface area contributed by atoms with Gasteiger partial charge in [0.15, 0.2) is 0 Å². The number of imidazole rings is 1. The number of carbonyl (C=O) groups excluding carboxylic acids is 1. The molecule has 1 atom stereocenters. The first kappa shape index (κ1) is 17.9. The fourth-order valence-electron chi connectivity index (χ4n) is 3.11. The predicted molar refractivity (Wildman–Crippen MR) is 101 cm³/mol. The van der Waals surface area contributed by atoms with Crippen molar-refractivity contribution in [1.82, 2.24) is 9.55 Å². The lowest BCUT2D eigenvalue weighted by atomic mass is 10.1. The van der Waals surface area contributed by atoms with Gasteiger partial charge in [0.25, 0.3) is 0 Å². The number of aromatic nitrogens is 2. The van der Waals surface area contributed by atoms with E-state index < -0.39 is 6.10 Å². The molecule has 1 amide bonds. The standard InChI is InChI=1S/C21H23N3O2/c1-15(25)10-19-21(18-8-3-2-4-9-18)23-14-24(19)13-17-7-5-6-16(11-17)12-20(22)26/h2-9,11,14-15,25H,10,12-13H2,1H3,(H2,22,26). The Balaban J connectivity index is 1.93. The summed E-state index contributed by atoms with van der Waals surface area (Å²) in [6.07, 6.45) is 2.09. The fourth-order valence-corrected chi connectivity index (χ4v) is 3.11. The van der Waals surface area contributed by atoms with Crippen molar-refractivity contribution in [2.75, 3.05) is 0 Å². The molecule has 3 aromatic rings. The molecule has 2 aromatic carbocycles. The molecule has 1 unspecified atom stereocenters. The predicted octanol–water partition coefficient (Wildman–Crippen LogP) is 2.55. The summed E-state index contributed by atoms with van der Waals surface area (Å²) in [7, 11) is 0. The smallest absolute Gasteiger partial charge is 0.221 e. The number of hydrogen-bond donors (Lipinski definition) is 2. The van der Waals surface area contributed by atoms with Crippen LogP contribution >= 0.6 is 0 Å². The van der Waals surface area contributed by atoms with Crippen molar-refractivity contribution in [1.29, 1.82) is 0 Å². The van der Waals surface area contributed by atoms with Crippen LogP contribution in [0.15, 0.2) is 60.9 Å². The van der Waals surface area contributed by atoms with E-state index in [2.05, 4.69) is 9.55 Å². The van der Waals surface area contributed by atoms with Crippen molar-refractivity contribution in [3.05, 3.63) is 77.7 Å². The number of amides is 1. The molecule has 0 aliphatic rings. The molecule has 0 aliphatic heterocycles. The topological polar surface area (TPSA) is 81.1 Å². The number of aliphatic hydroxyl groups is 1. The first-order valence-electron chi connectivity index (χ1n) is 8.66. The number of nitrogens with zero attached hydrogens (tertiary/aromatic N) is 2. The van der Waals surface area contributed by atoms with Crippen molar-refractivity contribution < 1.29 is 9.90 Å². The molecule has 0 saturated heterocycles. The van der Waals surface area contributed by atoms with E-state index in [1.54, 1.807) is 13.3 Å². The average molecular weight is 349 g/mol. The molecule has 3 N–H and O–H groups in total. The third-order valence-electron chi connectivity index (χ3n) is 4.20. The van der Waals surface area contributed by atoms with Gasteiger partial charge in [0.1, 0.15) is 0 Å². The molecule has 0 spiro atoms. The number of nitrogens with two attached hydrogens (primary N) is 1. The monoisotopic (exact) mass is 349 g/mol. The molecular formula is C21H23N3O2. The van der Waals surface area contributed by atoms with E-state index in [1.807, 2.05) is 54.6 Å². The van der Waals surface area contributed by atoms with Gasteiger partial charge in [-0.05, 0) is 18.1 Å². The van der Waals surface area contributed by atoms with E-state index in [0.717, 1.165) is 28.1 Å². The van der Waals surface area contributed by atoms with E-state index in [4.69, 9.17) is 5.73 Å². The summed E-state index contributed by atoms with van der Waals surface area (Å²) in [5, 5.41) is 9.94. The normalized spacial score (nSPS) is 12.1. The van der Waals surface area contributed by atoms with Gasteiger partial charge in [-0.15, -0.1) is 0 Å². The minimum atomic E-state index is -0.464. The molecule has 0 saturated carbocycles. The molecule has 5 nitrogen and oxygen atoms in total. The largest absolute Gasteiger partial charge is 0.393 e. The first-order valence-corrected chi connectivity index (χ1v) is 8.66. The summed E-state index contributed by atoms with van der Waals surface area (Å²) >= 11 is 0. The summed E-state index contributed by atoms with van der Waals surface area (Å²) in [6, 6.07) is 17.8. The van der Waals surface area contributed by atoms with Gasteiger partial charge >= 0.3 is 0 Å². The molecule has 1 aromatic heterocycles. The Morgan fingerprint density at radius 1 is 1.15 bits per heavy atom. The van der Waals surface area contributed by atoms with Crippen LogP contribution in [0.25, 0.3) is 11.3 Å². The van der Waals surface area contributed by atoms with E-state index in [9.17, 15) is 9.90 Å². The van der Waals surface area contributed by atoms with Crippen LogP contribution in [0, 0.1) is 0 Å². The minimum Gasteiger partial charge on any atom is -0.393 e. The zero-order valence-electron chi connectivity index (χ0n) is 14.8. The van der Waals surface area contributed by atoms with Gasteiger partial charge in [-0.2, -0.15) is 0 Å². The number of benzene rings is 2. The maximum absolute atomic E-state index is 11.2. The summed E-state index contributed by atoms with van der Waals surface area (Å²) in [5.74, 6) is -0.342. The second kappa shape index (κ2) is 7.97. The van der Waals surface area contributed by atoms with Crippen molar-refractivity contribution in [2.45, 2.75) is 32.4 Å². The van der Waals surface area contributed by atoms with Crippen LogP contribution in [0.4, 0.5) is 0 Å². The van der Waals surface area contributed by atoms with Crippen LogP contribution in [-0.4, -0.2) is 26.7 Å². The number of primary amides is 1. The second-order valence-electron chi connectivity index (χ2n) is 6.55.